The van der Waals surface area contributed by atoms with Gasteiger partial charge < -0.3 is 10.6 Å². The summed E-state index contributed by atoms with van der Waals surface area (Å²) in [5, 5.41) is 8.32. The van der Waals surface area contributed by atoms with E-state index >= 15 is 0 Å². The molecule has 0 saturated carbocycles. The average Bonchev–Trinajstić information content (AvgIpc) is 2.73. The maximum absolute atomic E-state index is 11.6. The van der Waals surface area contributed by atoms with E-state index in [-0.39, 0.29) is 12.5 Å². The quantitative estimate of drug-likeness (QED) is 0.872. The topological polar surface area (TPSA) is 54.0 Å². The summed E-state index contributed by atoms with van der Waals surface area (Å²) in [7, 11) is 0. The molecule has 0 unspecified atom stereocenters. The molecule has 1 aromatic carbocycles. The van der Waals surface area contributed by atoms with Crippen LogP contribution in [0, 0.1) is 6.92 Å². The summed E-state index contributed by atoms with van der Waals surface area (Å²) in [5.74, 6) is -0.0943. The van der Waals surface area contributed by atoms with E-state index in [0.29, 0.717) is 5.13 Å². The Kier molecular flexibility index (Phi) is 3.72. The molecule has 1 amide bonds. The fourth-order valence-electron chi connectivity index (χ4n) is 1.31. The molecule has 0 bridgehead atoms. The summed E-state index contributed by atoms with van der Waals surface area (Å²) >= 11 is 1.43. The third-order valence-corrected chi connectivity index (χ3v) is 2.97. The van der Waals surface area contributed by atoms with Crippen LogP contribution in [0.25, 0.3) is 0 Å². The standard InChI is InChI=1S/C12H13N3OS/c1-9-8-17-12(14-9)15-11(16)7-13-10-5-3-2-4-6-10/h2-6,8,13H,7H2,1H3,(H,14,15,16). The predicted molar refractivity (Wildman–Crippen MR) is 70.4 cm³/mol. The van der Waals surface area contributed by atoms with Crippen molar-refractivity contribution >= 4 is 28.1 Å². The number of nitrogens with one attached hydrogen (secondary N) is 2. The maximum atomic E-state index is 11.6. The highest BCUT2D eigenvalue weighted by Gasteiger charge is 2.04. The Morgan fingerprint density at radius 2 is 2.12 bits per heavy atom. The first-order chi connectivity index (χ1) is 8.24. The van der Waals surface area contributed by atoms with Crippen LogP contribution in [0.3, 0.4) is 0 Å². The van der Waals surface area contributed by atoms with Gasteiger partial charge in [-0.05, 0) is 19.1 Å². The molecule has 0 radical (unpaired) electrons. The number of thiazole rings is 1. The van der Waals surface area contributed by atoms with Gasteiger partial charge in [-0.1, -0.05) is 18.2 Å². The Morgan fingerprint density at radius 1 is 1.35 bits per heavy atom. The molecule has 17 heavy (non-hydrogen) atoms. The monoisotopic (exact) mass is 247 g/mol. The van der Waals surface area contributed by atoms with Crippen molar-refractivity contribution < 1.29 is 4.79 Å². The molecule has 2 aromatic rings. The number of nitrogens with zero attached hydrogens (tertiary/aromatic N) is 1. The molecule has 0 fully saturated rings. The number of carbonyl (C=O) groups excluding carboxylic acids is 1. The summed E-state index contributed by atoms with van der Waals surface area (Å²) in [6, 6.07) is 9.61. The number of rotatable bonds is 4. The zero-order chi connectivity index (χ0) is 12.1. The molecule has 0 atom stereocenters. The third kappa shape index (κ3) is 3.57. The zero-order valence-electron chi connectivity index (χ0n) is 9.43. The second-order valence-corrected chi connectivity index (χ2v) is 4.42. The lowest BCUT2D eigenvalue weighted by molar-refractivity contribution is -0.114. The van der Waals surface area contributed by atoms with Crippen molar-refractivity contribution in [2.75, 3.05) is 17.2 Å². The van der Waals surface area contributed by atoms with Crippen LogP contribution >= 0.6 is 11.3 Å². The minimum atomic E-state index is -0.0943. The van der Waals surface area contributed by atoms with Gasteiger partial charge in [0.25, 0.3) is 0 Å². The second-order valence-electron chi connectivity index (χ2n) is 3.56. The highest BCUT2D eigenvalue weighted by atomic mass is 32.1. The molecule has 1 heterocycles. The molecule has 2 rings (SSSR count). The summed E-state index contributed by atoms with van der Waals surface area (Å²) in [5.41, 5.74) is 1.85. The molecule has 0 saturated heterocycles. The van der Waals surface area contributed by atoms with Crippen LogP contribution in [0.15, 0.2) is 35.7 Å². The number of aromatic nitrogens is 1. The number of hydrogen-bond donors (Lipinski definition) is 2. The molecular weight excluding hydrogens is 234 g/mol. The van der Waals surface area contributed by atoms with Crippen LogP contribution < -0.4 is 10.6 Å². The molecule has 1 aromatic heterocycles. The van der Waals surface area contributed by atoms with Crippen LogP contribution in [-0.2, 0) is 4.79 Å². The number of benzene rings is 1. The van der Waals surface area contributed by atoms with E-state index in [1.165, 1.54) is 11.3 Å². The van der Waals surface area contributed by atoms with Crippen molar-refractivity contribution in [3.8, 4) is 0 Å². The fraction of sp³-hybridized carbons (Fsp3) is 0.167. The van der Waals surface area contributed by atoms with Gasteiger partial charge in [-0.3, -0.25) is 4.79 Å². The van der Waals surface area contributed by atoms with E-state index in [2.05, 4.69) is 15.6 Å². The van der Waals surface area contributed by atoms with E-state index in [0.717, 1.165) is 11.4 Å². The first-order valence-electron chi connectivity index (χ1n) is 5.25. The van der Waals surface area contributed by atoms with Crippen molar-refractivity contribution in [1.29, 1.82) is 0 Å². The smallest absolute Gasteiger partial charge is 0.245 e. The summed E-state index contributed by atoms with van der Waals surface area (Å²) in [6.45, 7) is 2.14. The van der Waals surface area contributed by atoms with E-state index in [9.17, 15) is 4.79 Å². The van der Waals surface area contributed by atoms with Gasteiger partial charge in [-0.2, -0.15) is 0 Å². The van der Waals surface area contributed by atoms with Crippen LogP contribution in [0.2, 0.25) is 0 Å². The molecule has 5 heteroatoms. The summed E-state index contributed by atoms with van der Waals surface area (Å²) in [6.07, 6.45) is 0. The molecular formula is C12H13N3OS. The van der Waals surface area contributed by atoms with Gasteiger partial charge in [-0.25, -0.2) is 4.98 Å². The first kappa shape index (κ1) is 11.6. The van der Waals surface area contributed by atoms with E-state index in [1.807, 2.05) is 42.6 Å². The third-order valence-electron chi connectivity index (χ3n) is 2.09. The Hall–Kier alpha value is -1.88. The zero-order valence-corrected chi connectivity index (χ0v) is 10.3. The van der Waals surface area contributed by atoms with Gasteiger partial charge in [0.05, 0.1) is 12.2 Å². The largest absolute Gasteiger partial charge is 0.376 e. The lowest BCUT2D eigenvalue weighted by Gasteiger charge is -2.05. The number of aryl methyl sites for hydroxylation is 1. The Bertz CT molecular complexity index is 495. The Labute approximate surface area is 104 Å². The molecule has 4 nitrogen and oxygen atoms in total. The number of para-hydroxylation sites is 1. The van der Waals surface area contributed by atoms with E-state index < -0.39 is 0 Å². The van der Waals surface area contributed by atoms with Crippen LogP contribution in [-0.4, -0.2) is 17.4 Å². The highest BCUT2D eigenvalue weighted by Crippen LogP contribution is 2.14. The number of anilines is 2. The average molecular weight is 247 g/mol. The second kappa shape index (κ2) is 5.45. The number of carbonyl (C=O) groups is 1. The molecule has 0 aliphatic rings. The van der Waals surface area contributed by atoms with Crippen LogP contribution in [0.1, 0.15) is 5.69 Å². The van der Waals surface area contributed by atoms with Crippen LogP contribution in [0.4, 0.5) is 10.8 Å². The van der Waals surface area contributed by atoms with Gasteiger partial charge >= 0.3 is 0 Å². The SMILES string of the molecule is Cc1csc(NC(=O)CNc2ccccc2)n1. The number of amides is 1. The molecule has 2 N–H and O–H groups in total. The Balaban J connectivity index is 1.82. The normalized spacial score (nSPS) is 9.94. The maximum Gasteiger partial charge on any atom is 0.245 e. The molecule has 88 valence electrons. The fourth-order valence-corrected chi connectivity index (χ4v) is 2.02. The molecule has 0 aliphatic carbocycles. The van der Waals surface area contributed by atoms with Crippen molar-refractivity contribution in [1.82, 2.24) is 4.98 Å². The Morgan fingerprint density at radius 3 is 2.76 bits per heavy atom. The van der Waals surface area contributed by atoms with Gasteiger partial charge in [0, 0.05) is 11.1 Å². The summed E-state index contributed by atoms with van der Waals surface area (Å²) in [4.78, 5) is 15.8. The minimum absolute atomic E-state index is 0.0943. The van der Waals surface area contributed by atoms with Gasteiger partial charge in [0.1, 0.15) is 0 Å². The van der Waals surface area contributed by atoms with Gasteiger partial charge in [0.2, 0.25) is 5.91 Å². The lowest BCUT2D eigenvalue weighted by Crippen LogP contribution is -2.21. The van der Waals surface area contributed by atoms with Crippen molar-refractivity contribution in [3.05, 3.63) is 41.4 Å². The lowest BCUT2D eigenvalue weighted by atomic mass is 10.3. The molecule has 0 spiro atoms. The van der Waals surface area contributed by atoms with Crippen molar-refractivity contribution in [2.45, 2.75) is 6.92 Å². The number of hydrogen-bond acceptors (Lipinski definition) is 4. The van der Waals surface area contributed by atoms with Crippen LogP contribution in [0.5, 0.6) is 0 Å². The molecule has 0 aliphatic heterocycles. The summed E-state index contributed by atoms with van der Waals surface area (Å²) < 4.78 is 0. The first-order valence-corrected chi connectivity index (χ1v) is 6.13. The van der Waals surface area contributed by atoms with Crippen molar-refractivity contribution in [2.24, 2.45) is 0 Å². The predicted octanol–water partition coefficient (Wildman–Crippen LogP) is 2.50. The van der Waals surface area contributed by atoms with E-state index in [4.69, 9.17) is 0 Å². The minimum Gasteiger partial charge on any atom is -0.376 e. The highest BCUT2D eigenvalue weighted by molar-refractivity contribution is 7.13. The van der Waals surface area contributed by atoms with E-state index in [1.54, 1.807) is 0 Å². The van der Waals surface area contributed by atoms with Gasteiger partial charge in [0.15, 0.2) is 5.13 Å². The van der Waals surface area contributed by atoms with Gasteiger partial charge in [-0.15, -0.1) is 11.3 Å². The van der Waals surface area contributed by atoms with Crippen molar-refractivity contribution in [3.63, 3.8) is 0 Å².